The summed E-state index contributed by atoms with van der Waals surface area (Å²) in [6, 6.07) is 4.27. The average molecular weight is 373 g/mol. The number of hydrogen-bond donors (Lipinski definition) is 4. The van der Waals surface area contributed by atoms with Crippen LogP contribution in [0.1, 0.15) is 48.4 Å². The van der Waals surface area contributed by atoms with Gasteiger partial charge in [0.15, 0.2) is 0 Å². The van der Waals surface area contributed by atoms with Crippen LogP contribution in [0.4, 0.5) is 4.79 Å². The minimum atomic E-state index is -3.22. The van der Waals surface area contributed by atoms with Crippen LogP contribution < -0.4 is 10.1 Å². The highest BCUT2D eigenvalue weighted by molar-refractivity contribution is 8.24. The lowest BCUT2D eigenvalue weighted by molar-refractivity contribution is 0.0534. The third-order valence-corrected chi connectivity index (χ3v) is 5.50. The van der Waals surface area contributed by atoms with E-state index in [1.54, 1.807) is 20.8 Å². The van der Waals surface area contributed by atoms with Crippen molar-refractivity contribution in [3.8, 4) is 5.75 Å². The first kappa shape index (κ1) is 19.4. The SMILES string of the molecule is CC(C)(C)OC(=O)NCS(O)(O)[C@H]1CCOc2cc(C(=O)O)ccc21. The number of benzene rings is 1. The van der Waals surface area contributed by atoms with Crippen LogP contribution in [0.2, 0.25) is 0 Å². The number of carbonyl (C=O) groups excluding carboxylic acids is 1. The van der Waals surface area contributed by atoms with Gasteiger partial charge in [0.2, 0.25) is 0 Å². The quantitative estimate of drug-likeness (QED) is 0.637. The molecule has 0 aliphatic carbocycles. The largest absolute Gasteiger partial charge is 0.493 e. The lowest BCUT2D eigenvalue weighted by Crippen LogP contribution is -2.36. The van der Waals surface area contributed by atoms with Crippen LogP contribution in [0.3, 0.4) is 0 Å². The van der Waals surface area contributed by atoms with E-state index >= 15 is 0 Å². The van der Waals surface area contributed by atoms with Crippen molar-refractivity contribution in [2.24, 2.45) is 0 Å². The summed E-state index contributed by atoms with van der Waals surface area (Å²) in [7, 11) is -3.22. The molecule has 1 amide bonds. The monoisotopic (exact) mass is 373 g/mol. The van der Waals surface area contributed by atoms with Gasteiger partial charge in [-0.15, -0.1) is 0 Å². The Morgan fingerprint density at radius 2 is 2.04 bits per heavy atom. The van der Waals surface area contributed by atoms with E-state index < -0.39 is 33.5 Å². The van der Waals surface area contributed by atoms with E-state index in [0.29, 0.717) is 17.7 Å². The molecular weight excluding hydrogens is 350 g/mol. The van der Waals surface area contributed by atoms with Gasteiger partial charge in [0, 0.05) is 12.0 Å². The number of fused-ring (bicyclic) bond motifs is 1. The van der Waals surface area contributed by atoms with E-state index in [1.807, 2.05) is 0 Å². The molecule has 1 aliphatic rings. The number of carboxylic acids is 1. The van der Waals surface area contributed by atoms with Gasteiger partial charge in [-0.3, -0.25) is 9.11 Å². The maximum Gasteiger partial charge on any atom is 0.408 e. The molecule has 9 heteroatoms. The van der Waals surface area contributed by atoms with Gasteiger partial charge in [0.25, 0.3) is 0 Å². The van der Waals surface area contributed by atoms with Crippen LogP contribution in [0, 0.1) is 0 Å². The summed E-state index contributed by atoms with van der Waals surface area (Å²) in [4.78, 5) is 22.8. The van der Waals surface area contributed by atoms with E-state index in [4.69, 9.17) is 14.6 Å². The van der Waals surface area contributed by atoms with Gasteiger partial charge in [0.1, 0.15) is 17.2 Å². The molecule has 0 aromatic heterocycles. The second kappa shape index (κ2) is 7.11. The van der Waals surface area contributed by atoms with E-state index in [9.17, 15) is 18.7 Å². The first-order valence-corrected chi connectivity index (χ1v) is 9.49. The van der Waals surface area contributed by atoms with Crippen LogP contribution in [-0.2, 0) is 4.74 Å². The number of carbonyl (C=O) groups is 2. The zero-order valence-corrected chi connectivity index (χ0v) is 15.1. The fraction of sp³-hybridized carbons (Fsp3) is 0.500. The molecule has 1 aromatic rings. The molecule has 0 saturated carbocycles. The molecule has 0 saturated heterocycles. The number of hydrogen-bond acceptors (Lipinski definition) is 6. The maximum absolute atomic E-state index is 11.7. The molecule has 0 spiro atoms. The number of amides is 1. The molecule has 1 atom stereocenters. The fourth-order valence-electron chi connectivity index (χ4n) is 2.46. The number of alkyl carbamates (subject to hydrolysis) is 1. The second-order valence-corrected chi connectivity index (χ2v) is 9.02. The molecule has 0 fully saturated rings. The van der Waals surface area contributed by atoms with Gasteiger partial charge in [-0.05, 0) is 32.9 Å². The third kappa shape index (κ3) is 5.00. The van der Waals surface area contributed by atoms with E-state index in [-0.39, 0.29) is 18.0 Å². The van der Waals surface area contributed by atoms with Crippen molar-refractivity contribution in [3.05, 3.63) is 29.3 Å². The van der Waals surface area contributed by atoms with Gasteiger partial charge < -0.3 is 19.9 Å². The smallest absolute Gasteiger partial charge is 0.408 e. The summed E-state index contributed by atoms with van der Waals surface area (Å²) < 4.78 is 31.5. The lowest BCUT2D eigenvalue weighted by Gasteiger charge is -2.42. The van der Waals surface area contributed by atoms with E-state index in [0.717, 1.165) is 0 Å². The molecule has 8 nitrogen and oxygen atoms in total. The van der Waals surface area contributed by atoms with Crippen LogP contribution in [0.25, 0.3) is 0 Å². The average Bonchev–Trinajstić information content (AvgIpc) is 2.50. The van der Waals surface area contributed by atoms with Crippen molar-refractivity contribution in [2.75, 3.05) is 12.5 Å². The Labute approximate surface area is 147 Å². The van der Waals surface area contributed by atoms with Crippen molar-refractivity contribution in [1.29, 1.82) is 0 Å². The summed E-state index contributed by atoms with van der Waals surface area (Å²) in [5.74, 6) is -1.13. The zero-order valence-electron chi connectivity index (χ0n) is 14.3. The van der Waals surface area contributed by atoms with Crippen molar-refractivity contribution in [2.45, 2.75) is 38.0 Å². The third-order valence-electron chi connectivity index (χ3n) is 3.53. The van der Waals surface area contributed by atoms with Gasteiger partial charge in [-0.25, -0.2) is 9.59 Å². The first-order chi connectivity index (χ1) is 11.5. The van der Waals surface area contributed by atoms with Gasteiger partial charge >= 0.3 is 12.1 Å². The number of rotatable bonds is 4. The summed E-state index contributed by atoms with van der Waals surface area (Å²) in [5, 5.41) is 10.8. The number of aromatic carboxylic acids is 1. The highest BCUT2D eigenvalue weighted by atomic mass is 32.3. The van der Waals surface area contributed by atoms with Crippen LogP contribution in [0.5, 0.6) is 5.75 Å². The van der Waals surface area contributed by atoms with Crippen LogP contribution in [0.15, 0.2) is 18.2 Å². The Morgan fingerprint density at radius 1 is 1.36 bits per heavy atom. The molecule has 140 valence electrons. The Kier molecular flexibility index (Phi) is 5.50. The van der Waals surface area contributed by atoms with Crippen molar-refractivity contribution >= 4 is 22.7 Å². The van der Waals surface area contributed by atoms with Crippen LogP contribution >= 0.6 is 10.6 Å². The van der Waals surface area contributed by atoms with Crippen molar-refractivity contribution in [1.82, 2.24) is 5.32 Å². The predicted octanol–water partition coefficient (Wildman–Crippen LogP) is 3.44. The Hall–Kier alpha value is -1.97. The molecule has 0 unspecified atom stereocenters. The lowest BCUT2D eigenvalue weighted by atomic mass is 10.0. The number of carboxylic acid groups (broad SMARTS) is 1. The summed E-state index contributed by atoms with van der Waals surface area (Å²) in [6.45, 7) is 5.35. The molecule has 0 bridgehead atoms. The predicted molar refractivity (Wildman–Crippen MR) is 93.3 cm³/mol. The summed E-state index contributed by atoms with van der Waals surface area (Å²) in [5.41, 5.74) is -0.115. The highest BCUT2D eigenvalue weighted by Gasteiger charge is 2.34. The number of nitrogens with one attached hydrogen (secondary N) is 1. The standard InChI is InChI=1S/C16H23NO7S/c1-16(2,3)24-15(20)17-9-25(21,22)13-6-7-23-12-8-10(14(18)19)4-5-11(12)13/h4-5,8,13,21-22H,6-7,9H2,1-3H3,(H,17,20)(H,18,19)/t13-/m0/s1. The molecule has 4 N–H and O–H groups in total. The Bertz CT molecular complexity index is 669. The summed E-state index contributed by atoms with van der Waals surface area (Å²) >= 11 is 0. The minimum absolute atomic E-state index is 0.0581. The Balaban J connectivity index is 2.13. The van der Waals surface area contributed by atoms with Gasteiger partial charge in [-0.1, -0.05) is 6.07 Å². The number of ether oxygens (including phenoxy) is 2. The van der Waals surface area contributed by atoms with E-state index in [1.165, 1.54) is 18.2 Å². The molecular formula is C16H23NO7S. The van der Waals surface area contributed by atoms with Gasteiger partial charge in [-0.2, -0.15) is 10.6 Å². The molecule has 1 heterocycles. The molecule has 25 heavy (non-hydrogen) atoms. The van der Waals surface area contributed by atoms with Crippen molar-refractivity contribution < 1.29 is 33.3 Å². The summed E-state index contributed by atoms with van der Waals surface area (Å²) in [6.07, 6.45) is -0.390. The Morgan fingerprint density at radius 3 is 2.64 bits per heavy atom. The fourth-order valence-corrected chi connectivity index (χ4v) is 4.07. The topological polar surface area (TPSA) is 125 Å². The molecule has 1 aromatic carbocycles. The second-order valence-electron chi connectivity index (χ2n) is 6.72. The molecule has 1 aliphatic heterocycles. The minimum Gasteiger partial charge on any atom is -0.493 e. The van der Waals surface area contributed by atoms with Gasteiger partial charge in [0.05, 0.1) is 17.4 Å². The molecule has 2 rings (SSSR count). The van der Waals surface area contributed by atoms with Crippen molar-refractivity contribution in [3.63, 3.8) is 0 Å². The molecule has 0 radical (unpaired) electrons. The van der Waals surface area contributed by atoms with E-state index in [2.05, 4.69) is 5.32 Å². The first-order valence-electron chi connectivity index (χ1n) is 7.71. The zero-order chi connectivity index (χ0) is 18.8. The highest BCUT2D eigenvalue weighted by Crippen LogP contribution is 2.57. The normalized spacial score (nSPS) is 17.9. The van der Waals surface area contributed by atoms with Crippen LogP contribution in [-0.4, -0.2) is 44.4 Å². The maximum atomic E-state index is 11.7.